The third-order valence-electron chi connectivity index (χ3n) is 21.8. The number of ether oxygens (including phenoxy) is 4. The molecule has 0 atom stereocenters. The van der Waals surface area contributed by atoms with Gasteiger partial charge in [-0.15, -0.1) is 0 Å². The highest BCUT2D eigenvalue weighted by Gasteiger charge is 2.27. The molecule has 4 heterocycles. The minimum Gasteiger partial charge on any atom is -0.507 e. The van der Waals surface area contributed by atoms with Crippen LogP contribution in [0.1, 0.15) is 55.4 Å². The molecular formula is C108H86N12O12. The standard InChI is InChI=1S/C30H23N3O3.3C26H21N3O3/c1-17(2)36-30-32-28(31-29(33-30)27-25(34)12-7-13-26(27)35)24-16-23-19-9-4-3-8-18(19)14-15-22(23)20-10-5-6-11-21(20)24;1-15(2)32-26-28-24(27-25(29-26)23-20(30)12-7-13-21(23)31)22-18-10-5-3-8-16(18)14-17-9-4-6-11-19(17)22;1-15(2)32-26-28-24(27-25(29-26)23-21(30)12-7-13-22(23)31)20-14-16-8-3-4-9-17(16)18-10-5-6-11-19(18)20;1-15(2)32-26-28-24(27-25(29-26)23-21(30)8-5-9-22(23)31)19-11-10-18-12-16-6-3-4-7-17(16)13-20(18)14-19/h3-17,34-35H,1-2H3;3*3-15,30-31H,1-2H3. The van der Waals surface area contributed by atoms with Crippen molar-refractivity contribution in [2.75, 3.05) is 0 Å². The highest BCUT2D eigenvalue weighted by atomic mass is 16.5. The van der Waals surface area contributed by atoms with Gasteiger partial charge in [0.05, 0.1) is 24.4 Å². The summed E-state index contributed by atoms with van der Waals surface area (Å²) in [5.41, 5.74) is 3.77. The number of aromatic hydroxyl groups is 8. The predicted octanol–water partition coefficient (Wildman–Crippen LogP) is 24.0. The number of rotatable bonds is 16. The van der Waals surface area contributed by atoms with E-state index in [1.807, 2.05) is 207 Å². The molecule has 0 amide bonds. The molecule has 21 aromatic rings. The van der Waals surface area contributed by atoms with Crippen molar-refractivity contribution in [1.29, 1.82) is 0 Å². The summed E-state index contributed by atoms with van der Waals surface area (Å²) in [4.78, 5) is 54.4. The van der Waals surface area contributed by atoms with Gasteiger partial charge in [0.2, 0.25) is 0 Å². The van der Waals surface area contributed by atoms with E-state index in [2.05, 4.69) is 134 Å². The number of hydrogen-bond donors (Lipinski definition) is 8. The number of hydrogen-bond acceptors (Lipinski definition) is 24. The second kappa shape index (κ2) is 36.6. The molecule has 24 nitrogen and oxygen atoms in total. The van der Waals surface area contributed by atoms with Crippen LogP contribution in [0, 0.1) is 0 Å². The van der Waals surface area contributed by atoms with E-state index >= 15 is 0 Å². The molecule has 0 aliphatic carbocycles. The number of nitrogens with zero attached hydrogens (tertiary/aromatic N) is 12. The topological polar surface area (TPSA) is 353 Å². The molecule has 0 fully saturated rings. The van der Waals surface area contributed by atoms with Crippen molar-refractivity contribution >= 4 is 97.0 Å². The monoisotopic (exact) mass is 1740 g/mol. The number of phenolic OH excluding ortho intramolecular Hbond substituents is 8. The molecule has 0 bridgehead atoms. The minimum atomic E-state index is -0.177. The lowest BCUT2D eigenvalue weighted by molar-refractivity contribution is 0.221. The molecule has 650 valence electrons. The Morgan fingerprint density at radius 3 is 0.833 bits per heavy atom. The minimum absolute atomic E-state index is 0.120. The van der Waals surface area contributed by atoms with Gasteiger partial charge in [0.15, 0.2) is 46.6 Å². The Balaban J connectivity index is 0.000000118. The molecular weight excluding hydrogens is 1660 g/mol. The number of aromatic nitrogens is 12. The third-order valence-corrected chi connectivity index (χ3v) is 21.8. The molecule has 0 aliphatic rings. The molecule has 24 heteroatoms. The molecule has 17 aromatic carbocycles. The Hall–Kier alpha value is -17.3. The summed E-state index contributed by atoms with van der Waals surface area (Å²) in [7, 11) is 0. The van der Waals surface area contributed by atoms with Crippen molar-refractivity contribution in [2.45, 2.75) is 79.8 Å². The zero-order chi connectivity index (χ0) is 91.5. The van der Waals surface area contributed by atoms with Crippen molar-refractivity contribution in [3.63, 3.8) is 0 Å². The summed E-state index contributed by atoms with van der Waals surface area (Å²) in [5, 5.41) is 103. The molecule has 0 saturated heterocycles. The van der Waals surface area contributed by atoms with E-state index in [0.717, 1.165) is 114 Å². The molecule has 0 radical (unpaired) electrons. The van der Waals surface area contributed by atoms with Gasteiger partial charge in [0.1, 0.15) is 68.2 Å². The predicted molar refractivity (Wildman–Crippen MR) is 517 cm³/mol. The summed E-state index contributed by atoms with van der Waals surface area (Å²) < 4.78 is 23.2. The van der Waals surface area contributed by atoms with Gasteiger partial charge in [0.25, 0.3) is 0 Å². The van der Waals surface area contributed by atoms with Crippen LogP contribution >= 0.6 is 0 Å². The summed E-state index contributed by atoms with van der Waals surface area (Å²) in [5.74, 6) is 1.14. The van der Waals surface area contributed by atoms with E-state index in [1.54, 1.807) is 24.3 Å². The maximum Gasteiger partial charge on any atom is 0.320 e. The van der Waals surface area contributed by atoms with Gasteiger partial charge in [0, 0.05) is 22.3 Å². The Labute approximate surface area is 756 Å². The van der Waals surface area contributed by atoms with Gasteiger partial charge >= 0.3 is 24.0 Å². The van der Waals surface area contributed by atoms with Crippen LogP contribution in [0.4, 0.5) is 0 Å². The fourth-order valence-electron chi connectivity index (χ4n) is 16.1. The normalized spacial score (nSPS) is 11.4. The molecule has 21 rings (SSSR count). The van der Waals surface area contributed by atoms with E-state index in [1.165, 1.54) is 53.9 Å². The average Bonchev–Trinajstić information content (AvgIpc) is 0.739. The van der Waals surface area contributed by atoms with Crippen molar-refractivity contribution in [2.24, 2.45) is 0 Å². The zero-order valence-corrected chi connectivity index (χ0v) is 72.8. The summed E-state index contributed by atoms with van der Waals surface area (Å²) >= 11 is 0. The zero-order valence-electron chi connectivity index (χ0n) is 72.8. The fourth-order valence-corrected chi connectivity index (χ4v) is 16.1. The number of phenols is 8. The van der Waals surface area contributed by atoms with Gasteiger partial charge in [-0.3, -0.25) is 0 Å². The molecule has 0 spiro atoms. The summed E-state index contributed by atoms with van der Waals surface area (Å²) in [6.07, 6.45) is -0.660. The van der Waals surface area contributed by atoms with Crippen LogP contribution in [0.15, 0.2) is 303 Å². The summed E-state index contributed by atoms with van der Waals surface area (Å²) in [6.45, 7) is 15.1. The Kier molecular flexibility index (Phi) is 23.7. The van der Waals surface area contributed by atoms with Gasteiger partial charge in [-0.25, -0.2) is 19.9 Å². The highest BCUT2D eigenvalue weighted by Crippen LogP contribution is 2.46. The quantitative estimate of drug-likeness (QED) is 0.0329. The van der Waals surface area contributed by atoms with Gasteiger partial charge in [-0.05, 0) is 237 Å². The Morgan fingerprint density at radius 1 is 0.174 bits per heavy atom. The molecule has 132 heavy (non-hydrogen) atoms. The lowest BCUT2D eigenvalue weighted by atomic mass is 9.93. The van der Waals surface area contributed by atoms with E-state index in [0.29, 0.717) is 23.3 Å². The maximum absolute atomic E-state index is 10.5. The van der Waals surface area contributed by atoms with Crippen LogP contribution in [0.25, 0.3) is 188 Å². The first-order valence-corrected chi connectivity index (χ1v) is 42.8. The Morgan fingerprint density at radius 2 is 0.432 bits per heavy atom. The first-order chi connectivity index (χ1) is 64.0. The lowest BCUT2D eigenvalue weighted by Gasteiger charge is -2.15. The second-order valence-corrected chi connectivity index (χ2v) is 32.4. The van der Waals surface area contributed by atoms with Crippen LogP contribution in [0.2, 0.25) is 0 Å². The lowest BCUT2D eigenvalue weighted by Crippen LogP contribution is -2.10. The Bertz CT molecular complexity index is 7890. The first kappa shape index (κ1) is 85.5. The van der Waals surface area contributed by atoms with Crippen LogP contribution in [0.3, 0.4) is 0 Å². The average molecular weight is 1740 g/mol. The molecule has 0 aliphatic heterocycles. The molecule has 8 N–H and O–H groups in total. The van der Waals surface area contributed by atoms with E-state index in [-0.39, 0.29) is 140 Å². The van der Waals surface area contributed by atoms with Crippen LogP contribution in [-0.4, -0.2) is 125 Å². The van der Waals surface area contributed by atoms with Gasteiger partial charge < -0.3 is 59.8 Å². The largest absolute Gasteiger partial charge is 0.507 e. The van der Waals surface area contributed by atoms with Crippen molar-refractivity contribution < 1.29 is 59.8 Å². The molecule has 4 aromatic heterocycles. The van der Waals surface area contributed by atoms with Crippen molar-refractivity contribution in [3.8, 4) is 161 Å². The summed E-state index contributed by atoms with van der Waals surface area (Å²) in [6, 6.07) is 96.4. The van der Waals surface area contributed by atoms with Crippen molar-refractivity contribution in [1.82, 2.24) is 59.8 Å². The van der Waals surface area contributed by atoms with Crippen LogP contribution < -0.4 is 18.9 Å². The first-order valence-electron chi connectivity index (χ1n) is 42.8. The molecule has 0 saturated carbocycles. The van der Waals surface area contributed by atoms with Crippen LogP contribution in [-0.2, 0) is 0 Å². The molecule has 0 unspecified atom stereocenters. The van der Waals surface area contributed by atoms with Gasteiger partial charge in [-0.2, -0.15) is 39.9 Å². The van der Waals surface area contributed by atoms with E-state index in [4.69, 9.17) is 23.9 Å². The third kappa shape index (κ3) is 17.7. The second-order valence-electron chi connectivity index (χ2n) is 32.4. The van der Waals surface area contributed by atoms with E-state index in [9.17, 15) is 40.9 Å². The number of benzene rings is 17. The smallest absolute Gasteiger partial charge is 0.320 e. The highest BCUT2D eigenvalue weighted by molar-refractivity contribution is 6.21. The van der Waals surface area contributed by atoms with Crippen molar-refractivity contribution in [3.05, 3.63) is 303 Å². The van der Waals surface area contributed by atoms with Gasteiger partial charge in [-0.1, -0.05) is 218 Å². The number of fused-ring (bicyclic) bond motifs is 12. The SMILES string of the molecule is CC(C)Oc1nc(-c2c(O)cccc2O)nc(-c2c3ccccc3cc3ccccc23)n1.CC(C)Oc1nc(-c2c(O)cccc2O)nc(-c2cc3c4ccccc4ccc3c3ccccc23)n1.CC(C)Oc1nc(-c2c(O)cccc2O)nc(-c2cc3ccccc3c3ccccc23)n1.CC(C)Oc1nc(-c2ccc3cc4ccccc4cc3c2)nc(-c2c(O)cccc2O)n1. The fraction of sp³-hybridized carbons (Fsp3) is 0.111. The maximum atomic E-state index is 10.5. The van der Waals surface area contributed by atoms with E-state index < -0.39 is 0 Å². The van der Waals surface area contributed by atoms with Crippen LogP contribution in [0.5, 0.6) is 70.0 Å².